The summed E-state index contributed by atoms with van der Waals surface area (Å²) in [7, 11) is 0. The Labute approximate surface area is 76.5 Å². The Kier molecular flexibility index (Phi) is 4.97. The molecule has 0 aromatic rings. The van der Waals surface area contributed by atoms with Crippen molar-refractivity contribution in [3.8, 4) is 0 Å². The van der Waals surface area contributed by atoms with Gasteiger partial charge in [0, 0.05) is 6.92 Å². The van der Waals surface area contributed by atoms with Crippen molar-refractivity contribution in [2.45, 2.75) is 32.4 Å². The molecule has 0 aliphatic carbocycles. The van der Waals surface area contributed by atoms with Gasteiger partial charge in [-0.1, -0.05) is 32.0 Å². The maximum absolute atomic E-state index is 10.7. The number of aliphatic carboxylic acids is 1. The minimum atomic E-state index is -0.899. The molecule has 4 heteroatoms. The molecule has 0 aliphatic heterocycles. The van der Waals surface area contributed by atoms with Crippen molar-refractivity contribution < 1.29 is 14.7 Å². The highest BCUT2D eigenvalue weighted by molar-refractivity contribution is 8.14. The summed E-state index contributed by atoms with van der Waals surface area (Å²) >= 11 is 0.902. The molecular formula is C8H14O3S. The molecule has 0 aromatic heterocycles. The van der Waals surface area contributed by atoms with Crippen LogP contribution in [0.15, 0.2) is 0 Å². The van der Waals surface area contributed by atoms with Gasteiger partial charge in [0.1, 0.15) is 5.25 Å². The van der Waals surface area contributed by atoms with Gasteiger partial charge in [-0.3, -0.25) is 9.59 Å². The maximum Gasteiger partial charge on any atom is 0.317 e. The second kappa shape index (κ2) is 5.19. The molecule has 70 valence electrons. The van der Waals surface area contributed by atoms with Crippen molar-refractivity contribution in [2.24, 2.45) is 5.92 Å². The van der Waals surface area contributed by atoms with E-state index in [1.54, 1.807) is 0 Å². The van der Waals surface area contributed by atoms with Gasteiger partial charge in [-0.15, -0.1) is 0 Å². The Morgan fingerprint density at radius 2 is 2.00 bits per heavy atom. The summed E-state index contributed by atoms with van der Waals surface area (Å²) in [6.45, 7) is 5.15. The Bertz CT molecular complexity index is 179. The molecule has 0 saturated carbocycles. The number of hydrogen-bond donors (Lipinski definition) is 1. The Morgan fingerprint density at radius 1 is 1.50 bits per heavy atom. The SMILES string of the molecule is CC[C@H](C)[C@@H](SC(C)=O)C(=O)O. The van der Waals surface area contributed by atoms with Crippen LogP contribution in [-0.2, 0) is 9.59 Å². The molecule has 0 radical (unpaired) electrons. The molecular weight excluding hydrogens is 176 g/mol. The molecule has 3 nitrogen and oxygen atoms in total. The molecule has 0 amide bonds. The van der Waals surface area contributed by atoms with Gasteiger partial charge in [0.05, 0.1) is 0 Å². The minimum Gasteiger partial charge on any atom is -0.480 e. The molecule has 0 rings (SSSR count). The number of carbonyl (C=O) groups excluding carboxylic acids is 1. The first kappa shape index (κ1) is 11.5. The first-order valence-electron chi connectivity index (χ1n) is 3.89. The van der Waals surface area contributed by atoms with E-state index in [2.05, 4.69) is 0 Å². The first-order chi connectivity index (χ1) is 5.49. The van der Waals surface area contributed by atoms with Crippen molar-refractivity contribution in [3.05, 3.63) is 0 Å². The largest absolute Gasteiger partial charge is 0.480 e. The highest BCUT2D eigenvalue weighted by Crippen LogP contribution is 2.22. The van der Waals surface area contributed by atoms with Gasteiger partial charge >= 0.3 is 5.97 Å². The second-order valence-corrected chi connectivity index (χ2v) is 4.07. The summed E-state index contributed by atoms with van der Waals surface area (Å²) in [6.07, 6.45) is 0.775. The molecule has 0 spiro atoms. The molecule has 0 aliphatic rings. The lowest BCUT2D eigenvalue weighted by Gasteiger charge is -2.15. The molecule has 1 N–H and O–H groups in total. The Hall–Kier alpha value is -0.510. The number of carboxylic acid groups (broad SMARTS) is 1. The van der Waals surface area contributed by atoms with E-state index in [4.69, 9.17) is 5.11 Å². The topological polar surface area (TPSA) is 54.4 Å². The van der Waals surface area contributed by atoms with E-state index in [0.717, 1.165) is 18.2 Å². The molecule has 2 atom stereocenters. The first-order valence-corrected chi connectivity index (χ1v) is 4.77. The van der Waals surface area contributed by atoms with E-state index < -0.39 is 11.2 Å². The number of thioether (sulfide) groups is 1. The zero-order valence-corrected chi connectivity index (χ0v) is 8.35. The van der Waals surface area contributed by atoms with Crippen molar-refractivity contribution in [1.29, 1.82) is 0 Å². The normalized spacial score (nSPS) is 15.2. The number of hydrogen-bond acceptors (Lipinski definition) is 3. The van der Waals surface area contributed by atoms with Crippen LogP contribution < -0.4 is 0 Å². The Morgan fingerprint density at radius 3 is 2.25 bits per heavy atom. The summed E-state index contributed by atoms with van der Waals surface area (Å²) in [6, 6.07) is 0. The van der Waals surface area contributed by atoms with Crippen LogP contribution in [0.2, 0.25) is 0 Å². The lowest BCUT2D eigenvalue weighted by molar-refractivity contribution is -0.137. The highest BCUT2D eigenvalue weighted by atomic mass is 32.2. The predicted molar refractivity (Wildman–Crippen MR) is 49.2 cm³/mol. The monoisotopic (exact) mass is 190 g/mol. The minimum absolute atomic E-state index is 0.0383. The van der Waals surface area contributed by atoms with Gasteiger partial charge in [0.25, 0.3) is 0 Å². The number of carbonyl (C=O) groups is 2. The third kappa shape index (κ3) is 3.76. The number of carboxylic acids is 1. The van der Waals surface area contributed by atoms with Gasteiger partial charge in [0.2, 0.25) is 0 Å². The van der Waals surface area contributed by atoms with Crippen LogP contribution in [0.1, 0.15) is 27.2 Å². The van der Waals surface area contributed by atoms with Crippen LogP contribution >= 0.6 is 11.8 Å². The lowest BCUT2D eigenvalue weighted by atomic mass is 10.1. The fourth-order valence-electron chi connectivity index (χ4n) is 0.803. The lowest BCUT2D eigenvalue weighted by Crippen LogP contribution is -2.25. The van der Waals surface area contributed by atoms with Gasteiger partial charge in [-0.2, -0.15) is 0 Å². The van der Waals surface area contributed by atoms with E-state index in [1.165, 1.54) is 6.92 Å². The third-order valence-electron chi connectivity index (χ3n) is 1.70. The van der Waals surface area contributed by atoms with Crippen LogP contribution in [-0.4, -0.2) is 21.4 Å². The van der Waals surface area contributed by atoms with Crippen LogP contribution in [0.3, 0.4) is 0 Å². The van der Waals surface area contributed by atoms with E-state index >= 15 is 0 Å². The van der Waals surface area contributed by atoms with Crippen LogP contribution in [0, 0.1) is 5.92 Å². The summed E-state index contributed by atoms with van der Waals surface area (Å²) in [4.78, 5) is 21.3. The molecule has 0 aromatic carbocycles. The number of rotatable bonds is 4. The fraction of sp³-hybridized carbons (Fsp3) is 0.750. The van der Waals surface area contributed by atoms with E-state index in [9.17, 15) is 9.59 Å². The summed E-state index contributed by atoms with van der Waals surface area (Å²) < 4.78 is 0. The summed E-state index contributed by atoms with van der Waals surface area (Å²) in [5.41, 5.74) is 0. The molecule has 0 saturated heterocycles. The molecule has 0 unspecified atom stereocenters. The third-order valence-corrected chi connectivity index (χ3v) is 2.95. The highest BCUT2D eigenvalue weighted by Gasteiger charge is 2.25. The fourth-order valence-corrected chi connectivity index (χ4v) is 1.69. The van der Waals surface area contributed by atoms with Crippen molar-refractivity contribution in [3.63, 3.8) is 0 Å². The molecule has 12 heavy (non-hydrogen) atoms. The van der Waals surface area contributed by atoms with E-state index in [1.807, 2.05) is 13.8 Å². The van der Waals surface area contributed by atoms with Crippen LogP contribution in [0.25, 0.3) is 0 Å². The Balaban J connectivity index is 4.22. The van der Waals surface area contributed by atoms with Gasteiger partial charge in [-0.05, 0) is 5.92 Å². The van der Waals surface area contributed by atoms with Crippen LogP contribution in [0.5, 0.6) is 0 Å². The standard InChI is InChI=1S/C8H14O3S/c1-4-5(2)7(8(10)11)12-6(3)9/h5,7H,4H2,1-3H3,(H,10,11)/t5-,7+/m0/s1. The van der Waals surface area contributed by atoms with E-state index in [-0.39, 0.29) is 11.0 Å². The van der Waals surface area contributed by atoms with Gasteiger partial charge in [0.15, 0.2) is 5.12 Å². The van der Waals surface area contributed by atoms with Crippen molar-refractivity contribution in [1.82, 2.24) is 0 Å². The summed E-state index contributed by atoms with van der Waals surface area (Å²) in [5.74, 6) is -0.860. The smallest absolute Gasteiger partial charge is 0.317 e. The van der Waals surface area contributed by atoms with Crippen molar-refractivity contribution in [2.75, 3.05) is 0 Å². The van der Waals surface area contributed by atoms with Crippen LogP contribution in [0.4, 0.5) is 0 Å². The van der Waals surface area contributed by atoms with Crippen molar-refractivity contribution >= 4 is 22.8 Å². The quantitative estimate of drug-likeness (QED) is 0.734. The van der Waals surface area contributed by atoms with Gasteiger partial charge in [-0.25, -0.2) is 0 Å². The maximum atomic E-state index is 10.7. The average molecular weight is 190 g/mol. The van der Waals surface area contributed by atoms with E-state index in [0.29, 0.717) is 0 Å². The molecule has 0 bridgehead atoms. The molecule has 0 fully saturated rings. The predicted octanol–water partition coefficient (Wildman–Crippen LogP) is 1.77. The molecule has 0 heterocycles. The summed E-state index contributed by atoms with van der Waals surface area (Å²) in [5, 5.41) is 8.02. The zero-order valence-electron chi connectivity index (χ0n) is 7.53. The average Bonchev–Trinajstić information content (AvgIpc) is 1.98. The zero-order chi connectivity index (χ0) is 9.72. The second-order valence-electron chi connectivity index (χ2n) is 2.75. The van der Waals surface area contributed by atoms with Gasteiger partial charge < -0.3 is 5.11 Å².